The standard InChI is InChI=1S/C18H23N3OS/c1-13-6-5-9-21(15(13)11-19)18(22)16-12-20-17(23-16)10-14-7-3-2-4-8-14/h2-4,7-8,12-13,15H,5-6,9-11,19H2,1H3. The Morgan fingerprint density at radius 1 is 1.39 bits per heavy atom. The van der Waals surface area contributed by atoms with E-state index >= 15 is 0 Å². The van der Waals surface area contributed by atoms with E-state index in [1.54, 1.807) is 6.20 Å². The molecule has 1 aliphatic rings. The van der Waals surface area contributed by atoms with Gasteiger partial charge in [-0.15, -0.1) is 11.3 Å². The Kier molecular flexibility index (Phi) is 5.08. The fourth-order valence-electron chi connectivity index (χ4n) is 3.26. The van der Waals surface area contributed by atoms with E-state index in [0.717, 1.165) is 35.7 Å². The van der Waals surface area contributed by atoms with E-state index in [-0.39, 0.29) is 11.9 Å². The number of nitrogens with two attached hydrogens (primary N) is 1. The summed E-state index contributed by atoms with van der Waals surface area (Å²) < 4.78 is 0. The topological polar surface area (TPSA) is 59.2 Å². The molecule has 2 heterocycles. The van der Waals surface area contributed by atoms with Gasteiger partial charge in [-0.1, -0.05) is 37.3 Å². The van der Waals surface area contributed by atoms with Crippen LogP contribution in [-0.4, -0.2) is 34.9 Å². The van der Waals surface area contributed by atoms with Crippen molar-refractivity contribution in [3.8, 4) is 0 Å². The molecule has 0 bridgehead atoms. The number of carbonyl (C=O) groups excluding carboxylic acids is 1. The normalized spacial score (nSPS) is 21.4. The first-order valence-corrected chi connectivity index (χ1v) is 9.00. The molecule has 1 aromatic heterocycles. The van der Waals surface area contributed by atoms with Crippen LogP contribution in [-0.2, 0) is 6.42 Å². The van der Waals surface area contributed by atoms with Crippen molar-refractivity contribution >= 4 is 17.2 Å². The lowest BCUT2D eigenvalue weighted by Gasteiger charge is -2.39. The quantitative estimate of drug-likeness (QED) is 0.938. The van der Waals surface area contributed by atoms with Crippen molar-refractivity contribution in [3.63, 3.8) is 0 Å². The Balaban J connectivity index is 1.73. The van der Waals surface area contributed by atoms with E-state index in [1.165, 1.54) is 16.9 Å². The van der Waals surface area contributed by atoms with Gasteiger partial charge in [-0.25, -0.2) is 4.98 Å². The molecule has 2 atom stereocenters. The van der Waals surface area contributed by atoms with Gasteiger partial charge in [-0.3, -0.25) is 4.79 Å². The Morgan fingerprint density at radius 2 is 2.17 bits per heavy atom. The SMILES string of the molecule is CC1CCCN(C(=O)c2cnc(Cc3ccccc3)s2)C1CN. The average molecular weight is 329 g/mol. The van der Waals surface area contributed by atoms with Crippen molar-refractivity contribution in [3.05, 3.63) is 52.0 Å². The third-order valence-corrected chi connectivity index (χ3v) is 5.57. The van der Waals surface area contributed by atoms with Crippen molar-refractivity contribution in [2.45, 2.75) is 32.2 Å². The van der Waals surface area contributed by atoms with Crippen LogP contribution in [0.1, 0.15) is 40.0 Å². The lowest BCUT2D eigenvalue weighted by Crippen LogP contribution is -2.51. The largest absolute Gasteiger partial charge is 0.333 e. The number of nitrogens with zero attached hydrogens (tertiary/aromatic N) is 2. The third kappa shape index (κ3) is 3.62. The van der Waals surface area contributed by atoms with E-state index in [1.807, 2.05) is 23.1 Å². The number of carbonyl (C=O) groups is 1. The van der Waals surface area contributed by atoms with Crippen molar-refractivity contribution in [2.24, 2.45) is 11.7 Å². The van der Waals surface area contributed by atoms with Crippen molar-refractivity contribution < 1.29 is 4.79 Å². The lowest BCUT2D eigenvalue weighted by atomic mass is 9.90. The fraction of sp³-hybridized carbons (Fsp3) is 0.444. The van der Waals surface area contributed by atoms with E-state index < -0.39 is 0 Å². The Morgan fingerprint density at radius 3 is 2.91 bits per heavy atom. The predicted octanol–water partition coefficient (Wildman–Crippen LogP) is 2.93. The molecule has 23 heavy (non-hydrogen) atoms. The molecule has 2 N–H and O–H groups in total. The van der Waals surface area contributed by atoms with Crippen LogP contribution in [0, 0.1) is 5.92 Å². The number of amides is 1. The highest BCUT2D eigenvalue weighted by Crippen LogP contribution is 2.26. The number of aromatic nitrogens is 1. The van der Waals surface area contributed by atoms with Crippen LogP contribution in [0.25, 0.3) is 0 Å². The zero-order chi connectivity index (χ0) is 16.2. The van der Waals surface area contributed by atoms with Gasteiger partial charge in [0.2, 0.25) is 0 Å². The molecule has 1 aromatic carbocycles. The summed E-state index contributed by atoms with van der Waals surface area (Å²) in [6, 6.07) is 10.4. The molecule has 1 fully saturated rings. The monoisotopic (exact) mass is 329 g/mol. The summed E-state index contributed by atoms with van der Waals surface area (Å²) in [7, 11) is 0. The number of benzene rings is 1. The van der Waals surface area contributed by atoms with Gasteiger partial charge < -0.3 is 10.6 Å². The molecule has 0 saturated carbocycles. The molecule has 122 valence electrons. The van der Waals surface area contributed by atoms with E-state index in [0.29, 0.717) is 12.5 Å². The zero-order valence-corrected chi connectivity index (χ0v) is 14.3. The predicted molar refractivity (Wildman–Crippen MR) is 93.6 cm³/mol. The highest BCUT2D eigenvalue weighted by molar-refractivity contribution is 7.13. The zero-order valence-electron chi connectivity index (χ0n) is 13.4. The summed E-state index contributed by atoms with van der Waals surface area (Å²) in [4.78, 5) is 19.9. The highest BCUT2D eigenvalue weighted by atomic mass is 32.1. The van der Waals surface area contributed by atoms with Crippen molar-refractivity contribution in [2.75, 3.05) is 13.1 Å². The number of hydrogen-bond donors (Lipinski definition) is 1. The molecule has 0 radical (unpaired) electrons. The van der Waals surface area contributed by atoms with Gasteiger partial charge in [0, 0.05) is 25.6 Å². The van der Waals surface area contributed by atoms with Gasteiger partial charge in [0.25, 0.3) is 5.91 Å². The van der Waals surface area contributed by atoms with E-state index in [2.05, 4.69) is 24.0 Å². The average Bonchev–Trinajstić information content (AvgIpc) is 3.03. The molecule has 3 rings (SSSR count). The van der Waals surface area contributed by atoms with Crippen LogP contribution in [0.2, 0.25) is 0 Å². The molecule has 0 spiro atoms. The molecule has 0 aliphatic carbocycles. The number of hydrogen-bond acceptors (Lipinski definition) is 4. The Hall–Kier alpha value is -1.72. The smallest absolute Gasteiger partial charge is 0.265 e. The molecule has 1 amide bonds. The van der Waals surface area contributed by atoms with Crippen LogP contribution in [0.15, 0.2) is 36.5 Å². The summed E-state index contributed by atoms with van der Waals surface area (Å²) in [6.45, 7) is 3.52. The van der Waals surface area contributed by atoms with Crippen LogP contribution < -0.4 is 5.73 Å². The number of piperidine rings is 1. The molecule has 2 aromatic rings. The highest BCUT2D eigenvalue weighted by Gasteiger charge is 2.32. The summed E-state index contributed by atoms with van der Waals surface area (Å²) in [5.41, 5.74) is 7.12. The Bertz CT molecular complexity index is 655. The van der Waals surface area contributed by atoms with Crippen LogP contribution in [0.5, 0.6) is 0 Å². The molecule has 4 nitrogen and oxygen atoms in total. The third-order valence-electron chi connectivity index (χ3n) is 4.58. The van der Waals surface area contributed by atoms with Gasteiger partial charge in [-0.2, -0.15) is 0 Å². The fourth-order valence-corrected chi connectivity index (χ4v) is 4.17. The lowest BCUT2D eigenvalue weighted by molar-refractivity contribution is 0.0537. The summed E-state index contributed by atoms with van der Waals surface area (Å²) in [5.74, 6) is 0.554. The molecule has 1 saturated heterocycles. The van der Waals surface area contributed by atoms with Crippen molar-refractivity contribution in [1.29, 1.82) is 0 Å². The van der Waals surface area contributed by atoms with Crippen molar-refractivity contribution in [1.82, 2.24) is 9.88 Å². The minimum Gasteiger partial charge on any atom is -0.333 e. The van der Waals surface area contributed by atoms with E-state index in [9.17, 15) is 4.79 Å². The van der Waals surface area contributed by atoms with Gasteiger partial charge in [-0.05, 0) is 24.3 Å². The second-order valence-electron chi connectivity index (χ2n) is 6.20. The van der Waals surface area contributed by atoms with E-state index in [4.69, 9.17) is 5.73 Å². The first-order valence-electron chi connectivity index (χ1n) is 8.18. The molecular formula is C18H23N3OS. The maximum Gasteiger partial charge on any atom is 0.265 e. The maximum atomic E-state index is 12.8. The van der Waals surface area contributed by atoms with Gasteiger partial charge >= 0.3 is 0 Å². The molecule has 1 aliphatic heterocycles. The number of rotatable bonds is 4. The summed E-state index contributed by atoms with van der Waals surface area (Å²) in [6.07, 6.45) is 4.69. The summed E-state index contributed by atoms with van der Waals surface area (Å²) in [5, 5.41) is 0.980. The van der Waals surface area contributed by atoms with Crippen LogP contribution in [0.3, 0.4) is 0 Å². The minimum atomic E-state index is 0.0869. The first kappa shape index (κ1) is 16.1. The maximum absolute atomic E-state index is 12.8. The van der Waals surface area contributed by atoms with Gasteiger partial charge in [0.1, 0.15) is 4.88 Å². The second kappa shape index (κ2) is 7.23. The first-order chi connectivity index (χ1) is 11.2. The second-order valence-corrected chi connectivity index (χ2v) is 7.32. The van der Waals surface area contributed by atoms with Gasteiger partial charge in [0.05, 0.1) is 11.2 Å². The van der Waals surface area contributed by atoms with Gasteiger partial charge in [0.15, 0.2) is 0 Å². The number of thiazole rings is 1. The Labute approximate surface area is 141 Å². The number of likely N-dealkylation sites (tertiary alicyclic amines) is 1. The summed E-state index contributed by atoms with van der Waals surface area (Å²) >= 11 is 1.50. The molecule has 2 unspecified atom stereocenters. The minimum absolute atomic E-state index is 0.0869. The van der Waals surface area contributed by atoms with Crippen LogP contribution in [0.4, 0.5) is 0 Å². The molecular weight excluding hydrogens is 306 g/mol. The van der Waals surface area contributed by atoms with Crippen LogP contribution >= 0.6 is 11.3 Å². The molecule has 5 heteroatoms.